The van der Waals surface area contributed by atoms with E-state index in [-0.39, 0.29) is 5.91 Å². The maximum absolute atomic E-state index is 12.5. The third kappa shape index (κ3) is 3.91. The zero-order chi connectivity index (χ0) is 21.0. The van der Waals surface area contributed by atoms with Gasteiger partial charge in [0.2, 0.25) is 11.8 Å². The van der Waals surface area contributed by atoms with Crippen LogP contribution in [-0.4, -0.2) is 37.2 Å². The minimum absolute atomic E-state index is 0.157. The quantitative estimate of drug-likeness (QED) is 0.461. The Bertz CT molecular complexity index is 1330. The van der Waals surface area contributed by atoms with Gasteiger partial charge in [0, 0.05) is 35.9 Å². The number of amides is 1. The molecule has 0 atom stereocenters. The van der Waals surface area contributed by atoms with E-state index in [0.717, 1.165) is 22.6 Å². The molecule has 31 heavy (non-hydrogen) atoms. The van der Waals surface area contributed by atoms with Crippen molar-refractivity contribution in [3.05, 3.63) is 90.4 Å². The zero-order valence-corrected chi connectivity index (χ0v) is 16.5. The summed E-state index contributed by atoms with van der Waals surface area (Å²) in [7, 11) is 0. The number of nitrogens with zero attached hydrogens (tertiary/aromatic N) is 5. The van der Waals surface area contributed by atoms with Crippen LogP contribution in [0.5, 0.6) is 0 Å². The lowest BCUT2D eigenvalue weighted by molar-refractivity contribution is 0.0954. The van der Waals surface area contributed by atoms with Gasteiger partial charge in [0.1, 0.15) is 5.82 Å². The number of hydrogen-bond donors (Lipinski definition) is 1. The fourth-order valence-electron chi connectivity index (χ4n) is 3.25. The smallest absolute Gasteiger partial charge is 0.251 e. The van der Waals surface area contributed by atoms with Crippen LogP contribution in [0.2, 0.25) is 0 Å². The second-order valence-electron chi connectivity index (χ2n) is 6.91. The summed E-state index contributed by atoms with van der Waals surface area (Å²) in [5.74, 6) is 1.51. The van der Waals surface area contributed by atoms with E-state index in [9.17, 15) is 4.79 Å². The van der Waals surface area contributed by atoms with E-state index in [4.69, 9.17) is 4.42 Å². The Kier molecular flexibility index (Phi) is 4.94. The average Bonchev–Trinajstić information content (AvgIpc) is 3.48. The lowest BCUT2D eigenvalue weighted by atomic mass is 10.1. The van der Waals surface area contributed by atoms with Crippen molar-refractivity contribution in [3.8, 4) is 22.9 Å². The molecule has 2 aromatic carbocycles. The molecular formula is C23H18N6O2. The Balaban J connectivity index is 1.22. The third-order valence-corrected chi connectivity index (χ3v) is 4.86. The van der Waals surface area contributed by atoms with Crippen LogP contribution in [0.3, 0.4) is 0 Å². The Hall–Kier alpha value is -4.33. The van der Waals surface area contributed by atoms with Gasteiger partial charge in [-0.05, 0) is 48.5 Å². The molecule has 0 saturated heterocycles. The third-order valence-electron chi connectivity index (χ3n) is 4.86. The highest BCUT2D eigenvalue weighted by atomic mass is 16.4. The molecule has 0 saturated carbocycles. The van der Waals surface area contributed by atoms with Crippen molar-refractivity contribution in [2.75, 3.05) is 6.54 Å². The zero-order valence-electron chi connectivity index (χ0n) is 16.5. The second kappa shape index (κ2) is 8.19. The van der Waals surface area contributed by atoms with Crippen LogP contribution in [0.25, 0.3) is 28.6 Å². The fourth-order valence-corrected chi connectivity index (χ4v) is 3.25. The van der Waals surface area contributed by atoms with Crippen molar-refractivity contribution in [1.82, 2.24) is 30.1 Å². The Morgan fingerprint density at radius 3 is 2.29 bits per heavy atom. The Labute approximate surface area is 177 Å². The molecule has 0 fully saturated rings. The van der Waals surface area contributed by atoms with Crippen LogP contribution in [0.15, 0.2) is 83.4 Å². The standard InChI is InChI=1S/C23H18N6O2/c30-21(24-14-13-20-26-25-19-8-4-5-15-29(19)20)16-9-11-18(12-10-16)23-28-27-22(31-23)17-6-2-1-3-7-17/h1-12,15H,13-14H2,(H,24,30). The Morgan fingerprint density at radius 1 is 0.806 bits per heavy atom. The molecule has 5 rings (SSSR count). The number of aromatic nitrogens is 5. The van der Waals surface area contributed by atoms with E-state index >= 15 is 0 Å². The number of nitrogens with one attached hydrogen (secondary N) is 1. The molecule has 0 aliphatic rings. The fraction of sp³-hybridized carbons (Fsp3) is 0.0870. The van der Waals surface area contributed by atoms with Gasteiger partial charge in [0.25, 0.3) is 5.91 Å². The average molecular weight is 410 g/mol. The SMILES string of the molecule is O=C(NCCc1nnc2ccccn12)c1ccc(-c2nnc(-c3ccccc3)o2)cc1. The number of pyridine rings is 1. The molecule has 0 spiro atoms. The van der Waals surface area contributed by atoms with E-state index in [1.54, 1.807) is 24.3 Å². The summed E-state index contributed by atoms with van der Waals surface area (Å²) < 4.78 is 7.67. The van der Waals surface area contributed by atoms with Gasteiger partial charge in [-0.15, -0.1) is 20.4 Å². The molecule has 0 aliphatic heterocycles. The first kappa shape index (κ1) is 18.7. The highest BCUT2D eigenvalue weighted by Gasteiger charge is 2.12. The molecule has 0 bridgehead atoms. The highest BCUT2D eigenvalue weighted by molar-refractivity contribution is 5.94. The van der Waals surface area contributed by atoms with E-state index < -0.39 is 0 Å². The normalized spacial score (nSPS) is 11.0. The van der Waals surface area contributed by atoms with E-state index in [0.29, 0.717) is 30.3 Å². The molecule has 0 radical (unpaired) electrons. The minimum Gasteiger partial charge on any atom is -0.416 e. The van der Waals surface area contributed by atoms with Gasteiger partial charge in [-0.25, -0.2) is 0 Å². The summed E-state index contributed by atoms with van der Waals surface area (Å²) in [6.45, 7) is 0.459. The second-order valence-corrected chi connectivity index (χ2v) is 6.91. The van der Waals surface area contributed by atoms with Crippen LogP contribution in [0.4, 0.5) is 0 Å². The van der Waals surface area contributed by atoms with Gasteiger partial charge in [-0.1, -0.05) is 24.3 Å². The van der Waals surface area contributed by atoms with E-state index in [1.165, 1.54) is 0 Å². The lowest BCUT2D eigenvalue weighted by Gasteiger charge is -2.05. The molecule has 3 aromatic heterocycles. The molecule has 8 heteroatoms. The molecule has 0 aliphatic carbocycles. The summed E-state index contributed by atoms with van der Waals surface area (Å²) in [4.78, 5) is 12.5. The molecule has 1 amide bonds. The lowest BCUT2D eigenvalue weighted by Crippen LogP contribution is -2.26. The molecule has 152 valence electrons. The van der Waals surface area contributed by atoms with Crippen molar-refractivity contribution in [2.45, 2.75) is 6.42 Å². The Morgan fingerprint density at radius 2 is 1.52 bits per heavy atom. The highest BCUT2D eigenvalue weighted by Crippen LogP contribution is 2.23. The summed E-state index contributed by atoms with van der Waals surface area (Å²) in [6.07, 6.45) is 2.49. The van der Waals surface area contributed by atoms with Gasteiger partial charge >= 0.3 is 0 Å². The van der Waals surface area contributed by atoms with Crippen LogP contribution >= 0.6 is 0 Å². The van der Waals surface area contributed by atoms with Crippen LogP contribution < -0.4 is 5.32 Å². The number of fused-ring (bicyclic) bond motifs is 1. The van der Waals surface area contributed by atoms with E-state index in [2.05, 4.69) is 25.7 Å². The minimum atomic E-state index is -0.157. The molecule has 3 heterocycles. The molecule has 1 N–H and O–H groups in total. The predicted octanol–water partition coefficient (Wildman–Crippen LogP) is 3.42. The van der Waals surface area contributed by atoms with Crippen LogP contribution in [0, 0.1) is 0 Å². The first-order valence-electron chi connectivity index (χ1n) is 9.84. The number of rotatable bonds is 6. The number of benzene rings is 2. The summed E-state index contributed by atoms with van der Waals surface area (Å²) in [6, 6.07) is 22.4. The summed E-state index contributed by atoms with van der Waals surface area (Å²) in [5.41, 5.74) is 2.95. The van der Waals surface area contributed by atoms with Gasteiger partial charge in [-0.3, -0.25) is 9.20 Å². The van der Waals surface area contributed by atoms with Gasteiger partial charge in [-0.2, -0.15) is 0 Å². The van der Waals surface area contributed by atoms with E-state index in [1.807, 2.05) is 59.1 Å². The van der Waals surface area contributed by atoms with Gasteiger partial charge in [0.15, 0.2) is 5.65 Å². The van der Waals surface area contributed by atoms with Crippen molar-refractivity contribution in [1.29, 1.82) is 0 Å². The predicted molar refractivity (Wildman–Crippen MR) is 114 cm³/mol. The maximum Gasteiger partial charge on any atom is 0.251 e. The maximum atomic E-state index is 12.5. The van der Waals surface area contributed by atoms with Gasteiger partial charge < -0.3 is 9.73 Å². The van der Waals surface area contributed by atoms with Crippen molar-refractivity contribution >= 4 is 11.6 Å². The summed E-state index contributed by atoms with van der Waals surface area (Å²) >= 11 is 0. The molecular weight excluding hydrogens is 392 g/mol. The molecule has 8 nitrogen and oxygen atoms in total. The largest absolute Gasteiger partial charge is 0.416 e. The number of carbonyl (C=O) groups excluding carboxylic acids is 1. The van der Waals surface area contributed by atoms with Crippen molar-refractivity contribution in [3.63, 3.8) is 0 Å². The van der Waals surface area contributed by atoms with Gasteiger partial charge in [0.05, 0.1) is 0 Å². The van der Waals surface area contributed by atoms with Crippen LogP contribution in [-0.2, 0) is 6.42 Å². The van der Waals surface area contributed by atoms with Crippen molar-refractivity contribution in [2.24, 2.45) is 0 Å². The molecule has 5 aromatic rings. The number of hydrogen-bond acceptors (Lipinski definition) is 6. The first-order chi connectivity index (χ1) is 15.3. The van der Waals surface area contributed by atoms with Crippen LogP contribution in [0.1, 0.15) is 16.2 Å². The first-order valence-corrected chi connectivity index (χ1v) is 9.84. The molecule has 0 unspecified atom stereocenters. The van der Waals surface area contributed by atoms with Crippen molar-refractivity contribution < 1.29 is 9.21 Å². The monoisotopic (exact) mass is 410 g/mol. The summed E-state index contributed by atoms with van der Waals surface area (Å²) in [5, 5.41) is 19.4. The number of carbonyl (C=O) groups is 1. The topological polar surface area (TPSA) is 98.2 Å².